The van der Waals surface area contributed by atoms with E-state index < -0.39 is 9.05 Å². The molecule has 0 atom stereocenters. The molecule has 32 valence electrons. The average Bonchev–Trinajstić information content (AvgIpc) is 0.722. The quantitative estimate of drug-likeness (QED) is 0.314. The molecule has 7 heavy (non-hydrogen) atoms. The van der Waals surface area contributed by atoms with Crippen molar-refractivity contribution in [3.63, 3.8) is 0 Å². The molecule has 0 rings (SSSR count). The van der Waals surface area contributed by atoms with Crippen LogP contribution in [0.15, 0.2) is 0 Å². The molecule has 0 aromatic heterocycles. The fourth-order valence-electron chi connectivity index (χ4n) is 0. The second kappa shape index (κ2) is 5.78. The van der Waals surface area contributed by atoms with Crippen molar-refractivity contribution in [3.05, 3.63) is 0 Å². The van der Waals surface area contributed by atoms with Gasteiger partial charge < -0.3 is 19.2 Å². The average molecular weight is 124 g/mol. The molecule has 0 aliphatic heterocycles. The molecule has 0 aromatic rings. The minimum absolute atomic E-state index is 0. The molecule has 0 saturated heterocycles. The molecule has 0 unspecified atom stereocenters. The van der Waals surface area contributed by atoms with E-state index in [2.05, 4.69) is 0 Å². The summed E-state index contributed by atoms with van der Waals surface area (Å²) in [5, 5.41) is 0. The van der Waals surface area contributed by atoms with Crippen LogP contribution in [0.2, 0.25) is 0 Å². The van der Waals surface area contributed by atoms with E-state index in [1.54, 1.807) is 0 Å². The van der Waals surface area contributed by atoms with Crippen LogP contribution in [0.3, 0.4) is 0 Å². The van der Waals surface area contributed by atoms with Crippen LogP contribution in [0, 0.1) is 0 Å². The van der Waals surface area contributed by atoms with Crippen molar-refractivity contribution in [2.75, 3.05) is 0 Å². The Kier molecular flexibility index (Phi) is 13.1. The summed E-state index contributed by atoms with van der Waals surface area (Å²) in [5.41, 5.74) is 0. The third-order valence-corrected chi connectivity index (χ3v) is 0. The van der Waals surface area contributed by atoms with Crippen molar-refractivity contribution in [2.45, 2.75) is 0 Å². The molecule has 0 bridgehead atoms. The van der Waals surface area contributed by atoms with Crippen molar-refractivity contribution in [1.29, 1.82) is 0 Å². The first-order valence-corrected chi connectivity index (χ1v) is 2.57. The maximum atomic E-state index is 8.80. The molecule has 0 spiro atoms. The molecule has 0 heterocycles. The van der Waals surface area contributed by atoms with E-state index in [-0.39, 0.29) is 48.4 Å². The summed E-state index contributed by atoms with van der Waals surface area (Å²) in [7, 11) is -5.11. The van der Waals surface area contributed by atoms with Crippen LogP contribution in [-0.2, 0) is 0 Å². The first kappa shape index (κ1) is 15.9. The fourth-order valence-corrected chi connectivity index (χ4v) is 0. The summed E-state index contributed by atoms with van der Waals surface area (Å²) in [4.78, 5) is 31.8. The van der Waals surface area contributed by atoms with Crippen molar-refractivity contribution in [2.24, 2.45) is 0 Å². The molecule has 0 radical (unpaired) electrons. The normalized spacial score (nSPS) is 8.57. The summed E-state index contributed by atoms with van der Waals surface area (Å²) in [5.74, 6) is 0. The van der Waals surface area contributed by atoms with Gasteiger partial charge in [-0.3, -0.25) is 0 Å². The van der Waals surface area contributed by atoms with E-state index in [4.69, 9.17) is 19.2 Å². The zero-order valence-electron chi connectivity index (χ0n) is 4.21. The van der Waals surface area contributed by atoms with E-state index in [0.29, 0.717) is 0 Å². The predicted molar refractivity (Wildman–Crippen MR) is 10.2 cm³/mol. The molecule has 0 aliphatic rings. The third kappa shape index (κ3) is 89.4. The molecule has 0 fully saturated rings. The maximum absolute atomic E-state index is 8.80. The van der Waals surface area contributed by atoms with Gasteiger partial charge >= 0.3 is 48.4 Å². The topological polar surface area (TPSA) is 86.6 Å². The molecule has 0 saturated carbocycles. The minimum atomic E-state index is -5.11. The van der Waals surface area contributed by atoms with Gasteiger partial charge in [0, 0.05) is 0 Å². The van der Waals surface area contributed by atoms with Gasteiger partial charge in [0.2, 0.25) is 0 Å². The fraction of sp³-hybridized carbons (Fsp3) is 0. The van der Waals surface area contributed by atoms with Crippen LogP contribution in [0.1, 0.15) is 0 Å². The van der Waals surface area contributed by atoms with Gasteiger partial charge in [0.25, 0.3) is 0 Å². The Morgan fingerprint density at radius 3 is 1.14 bits per heavy atom. The van der Waals surface area contributed by atoms with Gasteiger partial charge in [0.05, 0.1) is 0 Å². The molecule has 7 heteroatoms. The van der Waals surface area contributed by atoms with Crippen LogP contribution in [0.25, 0.3) is 0 Å². The number of hydrogen-bond acceptors (Lipinski definition) is 4. The van der Waals surface area contributed by atoms with Crippen LogP contribution in [-0.4, -0.2) is 18.6 Å². The van der Waals surface area contributed by atoms with E-state index >= 15 is 0 Å². The largest absolute Gasteiger partial charge is 1.00 e. The van der Waals surface area contributed by atoms with Gasteiger partial charge in [0.1, 0.15) is 9.05 Å². The Labute approximate surface area is 76.1 Å². The van der Waals surface area contributed by atoms with Gasteiger partial charge in [-0.05, 0) is 0 Å². The first-order chi connectivity index (χ1) is 2.00. The Morgan fingerprint density at radius 1 is 1.14 bits per heavy atom. The van der Waals surface area contributed by atoms with Crippen LogP contribution >= 0.6 is 0 Å². The molecule has 0 amide bonds. The Balaban J connectivity index is -0.0000000800. The van der Waals surface area contributed by atoms with Crippen molar-refractivity contribution in [1.82, 2.24) is 0 Å². The number of hydrogen-bond donors (Lipinski definition) is 2. The Hall–Kier alpha value is 1.65. The van der Waals surface area contributed by atoms with Crippen LogP contribution < -0.4 is 58.0 Å². The van der Waals surface area contributed by atoms with Crippen molar-refractivity contribution in [3.8, 4) is 0 Å². The van der Waals surface area contributed by atoms with Crippen LogP contribution in [0.5, 0.6) is 0 Å². The van der Waals surface area contributed by atoms with Gasteiger partial charge in [0.15, 0.2) is 0 Å². The molecule has 0 aromatic carbocycles. The maximum Gasteiger partial charge on any atom is 1.00 e. The second-order valence-electron chi connectivity index (χ2n) is 0.548. The van der Waals surface area contributed by atoms with E-state index in [9.17, 15) is 0 Å². The molecular weight excluding hydrogens is 122 g/mol. The molecule has 2 N–H and O–H groups in total. The Bertz CT molecular complexity index is 27.2. The Morgan fingerprint density at radius 2 is 1.14 bits per heavy atom. The van der Waals surface area contributed by atoms with Gasteiger partial charge in [-0.2, -0.15) is 0 Å². The van der Waals surface area contributed by atoms with E-state index in [0.717, 1.165) is 0 Å². The van der Waals surface area contributed by atoms with Gasteiger partial charge in [-0.1, -0.05) is 0 Å². The number of rotatable bonds is 0. The third-order valence-electron chi connectivity index (χ3n) is 0. The van der Waals surface area contributed by atoms with Gasteiger partial charge in [-0.25, -0.2) is 0 Å². The molecule has 0 aliphatic carbocycles. The smallest absolute Gasteiger partial charge is 0.828 e. The standard InChI is InChI=1S/Li.Na.H2O4Si/c;;1-5(2,3)4/h;;1-2H/q2*+1;-2. The first-order valence-electron chi connectivity index (χ1n) is 0.855. The SMILES string of the molecule is [Li+].[Na+].[O-][Si]([O-])(O)O. The summed E-state index contributed by atoms with van der Waals surface area (Å²) in [6, 6.07) is 0. The van der Waals surface area contributed by atoms with Crippen molar-refractivity contribution < 1.29 is 67.6 Å². The molecule has 4 nitrogen and oxygen atoms in total. The van der Waals surface area contributed by atoms with Crippen molar-refractivity contribution >= 4 is 9.05 Å². The zero-order valence-corrected chi connectivity index (χ0v) is 7.21. The van der Waals surface area contributed by atoms with Gasteiger partial charge in [-0.15, -0.1) is 0 Å². The summed E-state index contributed by atoms with van der Waals surface area (Å²) in [6.07, 6.45) is 0. The van der Waals surface area contributed by atoms with E-state index in [1.807, 2.05) is 0 Å². The second-order valence-corrected chi connectivity index (χ2v) is 1.65. The van der Waals surface area contributed by atoms with Crippen LogP contribution in [0.4, 0.5) is 0 Å². The minimum Gasteiger partial charge on any atom is -0.828 e. The summed E-state index contributed by atoms with van der Waals surface area (Å²) in [6.45, 7) is 0. The van der Waals surface area contributed by atoms with E-state index in [1.165, 1.54) is 0 Å². The zero-order chi connectivity index (χ0) is 4.50. The molecular formula is H2LiNaO4Si. The summed E-state index contributed by atoms with van der Waals surface area (Å²) < 4.78 is 0. The monoisotopic (exact) mass is 124 g/mol. The predicted octanol–water partition coefficient (Wildman–Crippen LogP) is -9.86. The summed E-state index contributed by atoms with van der Waals surface area (Å²) >= 11 is 0.